The van der Waals surface area contributed by atoms with Gasteiger partial charge in [-0.1, -0.05) is 36.4 Å². The van der Waals surface area contributed by atoms with Gasteiger partial charge in [0.2, 0.25) is 0 Å². The molecule has 0 aliphatic carbocycles. The summed E-state index contributed by atoms with van der Waals surface area (Å²) in [7, 11) is -4.67. The van der Waals surface area contributed by atoms with Crippen LogP contribution in [0.25, 0.3) is 0 Å². The number of benzene rings is 2. The van der Waals surface area contributed by atoms with E-state index >= 15 is 0 Å². The maximum absolute atomic E-state index is 11.5. The van der Waals surface area contributed by atoms with Crippen LogP contribution in [0.1, 0.15) is 20.7 Å². The number of carbonyl (C=O) groups is 2. The fourth-order valence-electron chi connectivity index (χ4n) is 1.32. The van der Waals surface area contributed by atoms with Crippen molar-refractivity contribution in [1.82, 2.24) is 0 Å². The minimum absolute atomic E-state index is 0. The predicted molar refractivity (Wildman–Crippen MR) is 85.0 cm³/mol. The molecule has 0 unspecified atom stereocenters. The van der Waals surface area contributed by atoms with Crippen LogP contribution in [0.15, 0.2) is 60.7 Å². The zero-order valence-electron chi connectivity index (χ0n) is 11.5. The molecule has 2 rings (SSSR count). The molecule has 0 heterocycles. The summed E-state index contributed by atoms with van der Waals surface area (Å²) >= 11 is 0. The van der Waals surface area contributed by atoms with Crippen LogP contribution >= 0.6 is 0 Å². The second kappa shape index (κ2) is 11.4. The molecule has 2 aromatic carbocycles. The van der Waals surface area contributed by atoms with Gasteiger partial charge in [0, 0.05) is 0 Å². The van der Waals surface area contributed by atoms with Crippen LogP contribution in [-0.2, 0) is 20.2 Å². The zero-order chi connectivity index (χ0) is 17.3. The van der Waals surface area contributed by atoms with Crippen molar-refractivity contribution < 1.29 is 36.9 Å². The first-order valence-corrected chi connectivity index (χ1v) is 7.40. The van der Waals surface area contributed by atoms with Crippen LogP contribution in [0, 0.1) is 0 Å². The summed E-state index contributed by atoms with van der Waals surface area (Å²) in [5.74, 6) is -1.42. The number of rotatable bonds is 2. The first kappa shape index (κ1) is 22.9. The Labute approximate surface area is 180 Å². The van der Waals surface area contributed by atoms with Gasteiger partial charge in [0.25, 0.3) is 0 Å². The van der Waals surface area contributed by atoms with Gasteiger partial charge >= 0.3 is 73.7 Å². The van der Waals surface area contributed by atoms with Crippen molar-refractivity contribution in [1.29, 1.82) is 0 Å². The van der Waals surface area contributed by atoms with E-state index in [9.17, 15) is 9.59 Å². The van der Waals surface area contributed by atoms with E-state index in [1.807, 2.05) is 0 Å². The van der Waals surface area contributed by atoms with Crippen molar-refractivity contribution in [2.24, 2.45) is 0 Å². The van der Waals surface area contributed by atoms with E-state index in [2.05, 4.69) is 9.78 Å². The summed E-state index contributed by atoms with van der Waals surface area (Å²) in [5, 5.41) is 0. The molecule has 0 atom stereocenters. The van der Waals surface area contributed by atoms with Gasteiger partial charge in [0.05, 0.1) is 11.1 Å². The molecule has 0 amide bonds. The summed E-state index contributed by atoms with van der Waals surface area (Å²) in [5.41, 5.74) is 0.636. The Morgan fingerprint density at radius 1 is 0.708 bits per heavy atom. The third kappa shape index (κ3) is 10.6. The fourth-order valence-corrected chi connectivity index (χ4v) is 1.32. The molecule has 0 aromatic heterocycles. The Bertz CT molecular complexity index is 687. The maximum atomic E-state index is 11.5. The predicted octanol–water partition coefficient (Wildman–Crippen LogP) is 1.31. The molecule has 24 heavy (non-hydrogen) atoms. The molecule has 124 valence electrons. The topological polar surface area (TPSA) is 127 Å². The van der Waals surface area contributed by atoms with Crippen LogP contribution in [0.3, 0.4) is 0 Å². The molecular formula is C14H13KO8S. The summed E-state index contributed by atoms with van der Waals surface area (Å²) in [6, 6.07) is 16.6. The van der Waals surface area contributed by atoms with E-state index in [0.717, 1.165) is 0 Å². The quantitative estimate of drug-likeness (QED) is 0.346. The second-order valence-electron chi connectivity index (χ2n) is 3.92. The average molecular weight is 380 g/mol. The van der Waals surface area contributed by atoms with Crippen LogP contribution < -0.4 is 0 Å². The Morgan fingerprint density at radius 2 is 0.958 bits per heavy atom. The standard InChI is InChI=1S/C14H10O4.K.H2O4S.H/c15-13(11-7-3-1-4-8-11)17-18-14(16)12-9-5-2-6-10-12;;1-5(2,3)4;/h1-10H;;(H2,1,2,3,4);. The molecule has 8 nitrogen and oxygen atoms in total. The Kier molecular flexibility index (Phi) is 10.9. The van der Waals surface area contributed by atoms with E-state index in [1.165, 1.54) is 0 Å². The van der Waals surface area contributed by atoms with Crippen LogP contribution in [0.4, 0.5) is 0 Å². The van der Waals surface area contributed by atoms with E-state index in [4.69, 9.17) is 17.5 Å². The molecule has 0 aliphatic rings. The summed E-state index contributed by atoms with van der Waals surface area (Å²) in [6.45, 7) is 0. The Morgan fingerprint density at radius 3 is 1.21 bits per heavy atom. The normalized spacial score (nSPS) is 9.58. The molecule has 2 aromatic rings. The van der Waals surface area contributed by atoms with Crippen LogP contribution in [0.5, 0.6) is 0 Å². The monoisotopic (exact) mass is 380 g/mol. The van der Waals surface area contributed by atoms with Crippen molar-refractivity contribution >= 4 is 73.7 Å². The zero-order valence-corrected chi connectivity index (χ0v) is 12.3. The Balaban J connectivity index is 0.000000777. The molecule has 2 N–H and O–H groups in total. The van der Waals surface area contributed by atoms with Crippen LogP contribution in [-0.4, -0.2) is 80.8 Å². The number of hydrogen-bond donors (Lipinski definition) is 2. The molecule has 0 spiro atoms. The third-order valence-corrected chi connectivity index (χ3v) is 2.21. The van der Waals surface area contributed by atoms with Gasteiger partial charge in [-0.05, 0) is 24.3 Å². The molecule has 0 radical (unpaired) electrons. The van der Waals surface area contributed by atoms with E-state index in [0.29, 0.717) is 11.1 Å². The molecule has 0 fully saturated rings. The van der Waals surface area contributed by atoms with Gasteiger partial charge < -0.3 is 0 Å². The number of hydrogen-bond acceptors (Lipinski definition) is 6. The van der Waals surface area contributed by atoms with Crippen molar-refractivity contribution in [3.05, 3.63) is 71.8 Å². The van der Waals surface area contributed by atoms with Crippen molar-refractivity contribution in [3.63, 3.8) is 0 Å². The van der Waals surface area contributed by atoms with Gasteiger partial charge in [-0.25, -0.2) is 19.4 Å². The van der Waals surface area contributed by atoms with Gasteiger partial charge in [0.15, 0.2) is 0 Å². The third-order valence-electron chi connectivity index (χ3n) is 2.21. The molecule has 0 aliphatic heterocycles. The summed E-state index contributed by atoms with van der Waals surface area (Å²) in [6.07, 6.45) is 0. The van der Waals surface area contributed by atoms with E-state index < -0.39 is 22.3 Å². The average Bonchev–Trinajstić information content (AvgIpc) is 2.52. The summed E-state index contributed by atoms with van der Waals surface area (Å²) in [4.78, 5) is 31.9. The minimum atomic E-state index is -4.67. The first-order valence-electron chi connectivity index (χ1n) is 6.00. The number of carbonyl (C=O) groups excluding carboxylic acids is 2. The van der Waals surface area contributed by atoms with Crippen LogP contribution in [0.2, 0.25) is 0 Å². The van der Waals surface area contributed by atoms with Gasteiger partial charge in [-0.2, -0.15) is 8.42 Å². The Hall–Kier alpha value is -1.11. The molecule has 0 saturated carbocycles. The molecule has 0 saturated heterocycles. The van der Waals surface area contributed by atoms with E-state index in [1.54, 1.807) is 60.7 Å². The molecule has 0 bridgehead atoms. The second-order valence-corrected chi connectivity index (χ2v) is 4.82. The van der Waals surface area contributed by atoms with Crippen molar-refractivity contribution in [2.75, 3.05) is 0 Å². The van der Waals surface area contributed by atoms with Crippen molar-refractivity contribution in [2.45, 2.75) is 0 Å². The molecule has 10 heteroatoms. The van der Waals surface area contributed by atoms with Crippen molar-refractivity contribution in [3.8, 4) is 0 Å². The summed E-state index contributed by atoms with van der Waals surface area (Å²) < 4.78 is 31.6. The SMILES string of the molecule is O=C(OOC(=O)c1ccccc1)c1ccccc1.O=S(=O)(O)O.[KH]. The molecular weight excluding hydrogens is 367 g/mol. The van der Waals surface area contributed by atoms with Gasteiger partial charge in [0.1, 0.15) is 0 Å². The first-order chi connectivity index (χ1) is 10.8. The van der Waals surface area contributed by atoms with E-state index in [-0.39, 0.29) is 51.4 Å². The fraction of sp³-hybridized carbons (Fsp3) is 0. The van der Waals surface area contributed by atoms with Gasteiger partial charge in [-0.3, -0.25) is 9.11 Å². The van der Waals surface area contributed by atoms with Gasteiger partial charge in [-0.15, -0.1) is 0 Å².